The number of phenols is 3. The second kappa shape index (κ2) is 32.6. The van der Waals surface area contributed by atoms with E-state index in [0.717, 1.165) is 168 Å². The summed E-state index contributed by atoms with van der Waals surface area (Å²) in [5, 5.41) is 36.6. The topological polar surface area (TPSA) is 153 Å². The Balaban J connectivity index is 0.000000170. The van der Waals surface area contributed by atoms with Crippen molar-refractivity contribution in [1.29, 1.82) is 0 Å². The van der Waals surface area contributed by atoms with Crippen LogP contribution >= 0.6 is 0 Å². The number of hydrogen-bond donors (Lipinski definition) is 3. The molecule has 0 unspecified atom stereocenters. The molecule has 0 bridgehead atoms. The third-order valence-electron chi connectivity index (χ3n) is 19.7. The van der Waals surface area contributed by atoms with Gasteiger partial charge in [-0.1, -0.05) is 181 Å². The zero-order valence-electron chi connectivity index (χ0n) is 64.4. The first-order valence-electron chi connectivity index (χ1n) is 35.7. The van der Waals surface area contributed by atoms with Gasteiger partial charge in [-0.05, 0) is 130 Å². The minimum absolute atomic E-state index is 0. The Bertz CT molecular complexity index is 5630. The van der Waals surface area contributed by atoms with Crippen LogP contribution in [-0.4, -0.2) is 83.1 Å². The van der Waals surface area contributed by atoms with E-state index in [-0.39, 0.29) is 80.4 Å². The summed E-state index contributed by atoms with van der Waals surface area (Å²) in [6, 6.07) is 73.0. The smallest absolute Gasteiger partial charge is 0.143 e. The molecule has 15 rings (SSSR count). The van der Waals surface area contributed by atoms with E-state index < -0.39 is 24.2 Å². The van der Waals surface area contributed by atoms with Crippen molar-refractivity contribution in [3.05, 3.63) is 252 Å². The first-order valence-corrected chi connectivity index (χ1v) is 46.2. The van der Waals surface area contributed by atoms with Gasteiger partial charge in [0.15, 0.2) is 0 Å². The van der Waals surface area contributed by atoms with E-state index in [2.05, 4.69) is 227 Å². The Morgan fingerprint density at radius 2 is 0.630 bits per heavy atom. The van der Waals surface area contributed by atoms with Crippen molar-refractivity contribution in [1.82, 2.24) is 43.6 Å². The van der Waals surface area contributed by atoms with Gasteiger partial charge < -0.3 is 29.0 Å². The molecule has 108 heavy (non-hydrogen) atoms. The number of aromatic nitrogens is 9. The number of fused-ring (bicyclic) bond motifs is 3. The maximum atomic E-state index is 10.9. The maximum Gasteiger partial charge on any atom is 0.143 e. The predicted octanol–water partition coefficient (Wildman–Crippen LogP) is 19.9. The van der Waals surface area contributed by atoms with E-state index in [9.17, 15) is 15.3 Å². The number of aryl methyl sites for hydroxylation is 9. The monoisotopic (exact) mass is 2010 g/mol. The predicted molar refractivity (Wildman–Crippen MR) is 443 cm³/mol. The van der Waals surface area contributed by atoms with Gasteiger partial charge >= 0.3 is 0 Å². The molecule has 0 amide bonds. The molecule has 0 fully saturated rings. The van der Waals surface area contributed by atoms with Crippen LogP contribution in [0.25, 0.3) is 134 Å². The number of phenolic OH excluding ortho intramolecular Hbond substituents is 3. The Morgan fingerprint density at radius 1 is 0.296 bits per heavy atom. The fraction of sp³-hybridized carbons (Fsp3) is 0.200. The molecule has 0 aliphatic heterocycles. The quantitative estimate of drug-likeness (QED) is 0.0801. The number of nitrogens with zero attached hydrogens (tertiary/aromatic N) is 9. The molecule has 3 N–H and O–H groups in total. The zero-order chi connectivity index (χ0) is 74.7. The second-order valence-electron chi connectivity index (χ2n) is 30.9. The molecule has 6 aromatic heterocycles. The average molecular weight is 2020 g/mol. The molecular formula is C90H90N9O3Pt3Si3-3. The summed E-state index contributed by atoms with van der Waals surface area (Å²) < 4.78 is 6.21. The van der Waals surface area contributed by atoms with Gasteiger partial charge in [-0.15, -0.1) is 89.5 Å². The molecule has 6 heterocycles. The molecule has 18 heteroatoms. The van der Waals surface area contributed by atoms with E-state index in [1.165, 1.54) is 15.6 Å². The summed E-state index contributed by atoms with van der Waals surface area (Å²) in [6.45, 7) is 33.1. The largest absolute Gasteiger partial charge is 0.507 e. The van der Waals surface area contributed by atoms with E-state index in [1.54, 1.807) is 6.20 Å². The van der Waals surface area contributed by atoms with Crippen LogP contribution in [0, 0.1) is 59.7 Å². The van der Waals surface area contributed by atoms with Gasteiger partial charge in [-0.25, -0.2) is 15.0 Å². The summed E-state index contributed by atoms with van der Waals surface area (Å²) in [7, 11) is 1.51. The SMILES string of the molecule is Cc1cc(C)c(O)c(-c2nc3c(-c4[c-]c(-c5cc([Si](C)(C)C)ccn5)ccc4)cccc3n2C)c1.Cc1cc(C)c(O)c(-c2nc3c(-c4[c-]c(-c5cc([Si](C)(C)C)ccn5)ccc4)cccc3n2C)c1.Cc1cc(C)c(O)c(-c2nc3c(-c4[c-]c(-c5ccccn5)ccc4)cc([Si](C)(C)C)cc3n2C)c1.[Pt].[Pt].[Pt]. The molecule has 15 aromatic rings. The van der Waals surface area contributed by atoms with Crippen molar-refractivity contribution >= 4 is 72.9 Å². The average Bonchev–Trinajstić information content (AvgIpc) is 1.58. The van der Waals surface area contributed by atoms with Crippen LogP contribution in [0.2, 0.25) is 58.9 Å². The number of benzene rings is 9. The normalized spacial score (nSPS) is 11.5. The molecular weight excluding hydrogens is 1920 g/mol. The first-order chi connectivity index (χ1) is 49.9. The van der Waals surface area contributed by atoms with E-state index in [0.29, 0.717) is 0 Å². The third-order valence-corrected chi connectivity index (χ3v) is 25.8. The van der Waals surface area contributed by atoms with E-state index in [1.807, 2.05) is 136 Å². The molecule has 0 saturated carbocycles. The van der Waals surface area contributed by atoms with Gasteiger partial charge in [0.25, 0.3) is 0 Å². The van der Waals surface area contributed by atoms with Crippen molar-refractivity contribution < 1.29 is 78.5 Å². The van der Waals surface area contributed by atoms with Crippen molar-refractivity contribution in [2.45, 2.75) is 100 Å². The fourth-order valence-electron chi connectivity index (χ4n) is 13.8. The summed E-state index contributed by atoms with van der Waals surface area (Å²) in [5.74, 6) is 3.09. The fourth-order valence-corrected chi connectivity index (χ4v) is 17.3. The number of imidazole rings is 3. The molecule has 0 aliphatic carbocycles. The molecule has 0 atom stereocenters. The van der Waals surface area contributed by atoms with Crippen LogP contribution in [0.4, 0.5) is 0 Å². The van der Waals surface area contributed by atoms with E-state index in [4.69, 9.17) is 15.0 Å². The Labute approximate surface area is 681 Å². The number of aromatic hydroxyl groups is 3. The second-order valence-corrected chi connectivity index (χ2v) is 46.1. The van der Waals surface area contributed by atoms with Gasteiger partial charge in [0.1, 0.15) is 34.7 Å². The number of hydrogen-bond acceptors (Lipinski definition) is 9. The Morgan fingerprint density at radius 3 is 1.00 bits per heavy atom. The number of para-hydroxylation sites is 2. The maximum absolute atomic E-state index is 10.9. The summed E-state index contributed by atoms with van der Waals surface area (Å²) in [5.41, 5.74) is 25.6. The molecule has 12 nitrogen and oxygen atoms in total. The van der Waals surface area contributed by atoms with Crippen LogP contribution in [0.1, 0.15) is 33.4 Å². The molecule has 0 saturated heterocycles. The summed E-state index contributed by atoms with van der Waals surface area (Å²) >= 11 is 0. The van der Waals surface area contributed by atoms with Crippen molar-refractivity contribution in [2.24, 2.45) is 21.1 Å². The van der Waals surface area contributed by atoms with Gasteiger partial charge in [0, 0.05) is 120 Å². The van der Waals surface area contributed by atoms with E-state index >= 15 is 0 Å². The molecule has 0 radical (unpaired) electrons. The third kappa shape index (κ3) is 16.7. The molecule has 0 spiro atoms. The van der Waals surface area contributed by atoms with Crippen LogP contribution < -0.4 is 15.6 Å². The zero-order valence-corrected chi connectivity index (χ0v) is 74.2. The van der Waals surface area contributed by atoms with Crippen LogP contribution in [0.3, 0.4) is 0 Å². The Hall–Kier alpha value is -9.04. The van der Waals surface area contributed by atoms with Gasteiger partial charge in [0.2, 0.25) is 0 Å². The first kappa shape index (κ1) is 81.5. The minimum Gasteiger partial charge on any atom is -0.507 e. The van der Waals surface area contributed by atoms with Crippen molar-refractivity contribution in [3.63, 3.8) is 0 Å². The van der Waals surface area contributed by atoms with Gasteiger partial charge in [-0.3, -0.25) is 15.0 Å². The Kier molecular flexibility index (Phi) is 24.6. The van der Waals surface area contributed by atoms with Gasteiger partial charge in [-0.2, -0.15) is 0 Å². The molecule has 558 valence electrons. The van der Waals surface area contributed by atoms with Crippen LogP contribution in [0.5, 0.6) is 17.2 Å². The van der Waals surface area contributed by atoms with Crippen molar-refractivity contribution in [3.8, 4) is 119 Å². The molecule has 0 aliphatic rings. The van der Waals surface area contributed by atoms with Crippen LogP contribution in [-0.2, 0) is 84.3 Å². The van der Waals surface area contributed by atoms with Crippen LogP contribution in [0.15, 0.2) is 201 Å². The minimum atomic E-state index is -1.63. The summed E-state index contributed by atoms with van der Waals surface area (Å²) in [4.78, 5) is 29.0. The molecule has 9 aromatic carbocycles. The summed E-state index contributed by atoms with van der Waals surface area (Å²) in [6.07, 6.45) is 5.62. The van der Waals surface area contributed by atoms with Crippen molar-refractivity contribution in [2.75, 3.05) is 0 Å². The number of rotatable bonds is 12. The van der Waals surface area contributed by atoms with Gasteiger partial charge in [0.05, 0.1) is 74.0 Å². The standard InChI is InChI=1S/3C30H30N3OSi.3Pt/c2*1-19-15-20(2)29(34)25(16-19)30-32-28-24(11-8-12-27(28)33(30)3)21-9-7-10-22(17-21)26-18-23(13-14-31-26)35(4,5)6;1-19-14-20(2)29(34)25(15-19)30-32-28-24(17-23(35(4,5)6)18-27(28)33(30)3)21-10-9-11-22(16-21)26-12-7-8-13-31-26;;;/h2*7-16,18,34H,1-6H3;7-15,17-18,34H,1-6H3;;;/q3*-1;;;. The number of pyridine rings is 3.